The maximum atomic E-state index is 13.3. The van der Waals surface area contributed by atoms with Crippen LogP contribution in [0.4, 0.5) is 4.39 Å². The van der Waals surface area contributed by atoms with Crippen molar-refractivity contribution in [3.63, 3.8) is 0 Å². The number of rotatable bonds is 5. The number of fused-ring (bicyclic) bond motifs is 1. The van der Waals surface area contributed by atoms with Gasteiger partial charge in [0.1, 0.15) is 11.6 Å². The van der Waals surface area contributed by atoms with E-state index in [9.17, 15) is 9.18 Å². The van der Waals surface area contributed by atoms with E-state index in [2.05, 4.69) is 0 Å². The quantitative estimate of drug-likeness (QED) is 0.832. The average molecular weight is 262 g/mol. The van der Waals surface area contributed by atoms with Gasteiger partial charge in [-0.3, -0.25) is 0 Å². The first kappa shape index (κ1) is 13.3. The van der Waals surface area contributed by atoms with Crippen LogP contribution in [-0.2, 0) is 0 Å². The molecule has 2 rings (SSSR count). The van der Waals surface area contributed by atoms with Gasteiger partial charge in [-0.25, -0.2) is 9.18 Å². The minimum Gasteiger partial charge on any atom is -0.493 e. The molecule has 0 fully saturated rings. The van der Waals surface area contributed by atoms with Crippen LogP contribution in [0.3, 0.4) is 0 Å². The van der Waals surface area contributed by atoms with E-state index in [1.165, 1.54) is 24.3 Å². The molecule has 0 unspecified atom stereocenters. The molecule has 0 aliphatic heterocycles. The number of unbranched alkanes of at least 4 members (excludes halogenated alkanes) is 1. The zero-order chi connectivity index (χ0) is 13.8. The first-order chi connectivity index (χ1) is 9.11. The molecule has 100 valence electrons. The Morgan fingerprint density at radius 3 is 2.79 bits per heavy atom. The van der Waals surface area contributed by atoms with E-state index < -0.39 is 5.97 Å². The number of aromatic carboxylic acids is 1. The summed E-state index contributed by atoms with van der Waals surface area (Å²) in [5.74, 6) is -0.967. The average Bonchev–Trinajstić information content (AvgIpc) is 2.39. The minimum atomic E-state index is -1.02. The summed E-state index contributed by atoms with van der Waals surface area (Å²) >= 11 is 0. The van der Waals surface area contributed by atoms with Crippen LogP contribution < -0.4 is 4.74 Å². The molecule has 0 aliphatic rings. The van der Waals surface area contributed by atoms with Crippen molar-refractivity contribution in [2.45, 2.75) is 19.8 Å². The van der Waals surface area contributed by atoms with Crippen LogP contribution in [0.1, 0.15) is 30.1 Å². The maximum Gasteiger partial charge on any atom is 0.335 e. The Morgan fingerprint density at radius 1 is 1.32 bits per heavy atom. The monoisotopic (exact) mass is 262 g/mol. The van der Waals surface area contributed by atoms with Gasteiger partial charge in [0.2, 0.25) is 0 Å². The molecule has 0 saturated carbocycles. The molecule has 2 aromatic rings. The Morgan fingerprint density at radius 2 is 2.11 bits per heavy atom. The number of ether oxygens (including phenoxy) is 1. The highest BCUT2D eigenvalue weighted by Crippen LogP contribution is 2.28. The zero-order valence-corrected chi connectivity index (χ0v) is 10.6. The molecule has 4 heteroatoms. The van der Waals surface area contributed by atoms with Gasteiger partial charge in [-0.1, -0.05) is 19.4 Å². The Hall–Kier alpha value is -2.10. The van der Waals surface area contributed by atoms with Gasteiger partial charge in [0.05, 0.1) is 12.2 Å². The predicted molar refractivity (Wildman–Crippen MR) is 71.3 cm³/mol. The van der Waals surface area contributed by atoms with Crippen LogP contribution >= 0.6 is 0 Å². The summed E-state index contributed by atoms with van der Waals surface area (Å²) in [4.78, 5) is 11.1. The van der Waals surface area contributed by atoms with Crippen molar-refractivity contribution >= 4 is 16.7 Å². The Kier molecular flexibility index (Phi) is 4.00. The van der Waals surface area contributed by atoms with Crippen LogP contribution in [0.2, 0.25) is 0 Å². The van der Waals surface area contributed by atoms with Gasteiger partial charge in [0, 0.05) is 5.39 Å². The van der Waals surface area contributed by atoms with Gasteiger partial charge in [0.15, 0.2) is 0 Å². The van der Waals surface area contributed by atoms with E-state index in [-0.39, 0.29) is 11.4 Å². The molecular formula is C15H15FO3. The highest BCUT2D eigenvalue weighted by Gasteiger charge is 2.10. The first-order valence-electron chi connectivity index (χ1n) is 6.21. The molecule has 0 aromatic heterocycles. The minimum absolute atomic E-state index is 0.144. The van der Waals surface area contributed by atoms with Gasteiger partial charge in [-0.15, -0.1) is 0 Å². The van der Waals surface area contributed by atoms with Crippen LogP contribution in [-0.4, -0.2) is 17.7 Å². The molecule has 19 heavy (non-hydrogen) atoms. The third-order valence-electron chi connectivity index (χ3n) is 2.88. The van der Waals surface area contributed by atoms with Crippen molar-refractivity contribution in [1.29, 1.82) is 0 Å². The molecule has 1 N–H and O–H groups in total. The lowest BCUT2D eigenvalue weighted by Crippen LogP contribution is -2.01. The summed E-state index contributed by atoms with van der Waals surface area (Å²) in [6.07, 6.45) is 1.85. The number of carboxylic acids is 1. The van der Waals surface area contributed by atoms with Crippen molar-refractivity contribution in [2.75, 3.05) is 6.61 Å². The maximum absolute atomic E-state index is 13.3. The summed E-state index contributed by atoms with van der Waals surface area (Å²) in [5.41, 5.74) is 0.144. The molecule has 3 nitrogen and oxygen atoms in total. The number of carbonyl (C=O) groups is 1. The molecule has 0 amide bonds. The molecular weight excluding hydrogens is 247 g/mol. The number of halogens is 1. The van der Waals surface area contributed by atoms with Gasteiger partial charge >= 0.3 is 5.97 Å². The van der Waals surface area contributed by atoms with Crippen molar-refractivity contribution in [3.05, 3.63) is 41.7 Å². The van der Waals surface area contributed by atoms with Crippen LogP contribution in [0, 0.1) is 5.82 Å². The van der Waals surface area contributed by atoms with Crippen LogP contribution in [0.25, 0.3) is 10.8 Å². The third kappa shape index (κ3) is 3.02. The highest BCUT2D eigenvalue weighted by molar-refractivity contribution is 5.97. The second kappa shape index (κ2) is 5.69. The number of hydrogen-bond donors (Lipinski definition) is 1. The Bertz CT molecular complexity index is 608. The lowest BCUT2D eigenvalue weighted by atomic mass is 10.1. The molecule has 0 saturated heterocycles. The van der Waals surface area contributed by atoms with Crippen molar-refractivity contribution in [2.24, 2.45) is 0 Å². The van der Waals surface area contributed by atoms with E-state index in [0.717, 1.165) is 12.8 Å². The standard InChI is InChI=1S/C15H15FO3/c1-2-3-6-19-14-8-11(15(17)18)7-10-4-5-12(16)9-13(10)14/h4-5,7-9H,2-3,6H2,1H3,(H,17,18). The van der Waals surface area contributed by atoms with E-state index >= 15 is 0 Å². The molecule has 0 aliphatic carbocycles. The molecule has 2 aromatic carbocycles. The van der Waals surface area contributed by atoms with E-state index in [4.69, 9.17) is 9.84 Å². The van der Waals surface area contributed by atoms with E-state index in [1.54, 1.807) is 6.07 Å². The smallest absolute Gasteiger partial charge is 0.335 e. The van der Waals surface area contributed by atoms with Gasteiger partial charge in [0.25, 0.3) is 0 Å². The van der Waals surface area contributed by atoms with Gasteiger partial charge in [-0.05, 0) is 36.1 Å². The molecule has 0 bridgehead atoms. The number of hydrogen-bond acceptors (Lipinski definition) is 2. The largest absolute Gasteiger partial charge is 0.493 e. The van der Waals surface area contributed by atoms with Gasteiger partial charge in [-0.2, -0.15) is 0 Å². The number of benzene rings is 2. The van der Waals surface area contributed by atoms with E-state index in [1.807, 2.05) is 6.92 Å². The fourth-order valence-corrected chi connectivity index (χ4v) is 1.87. The highest BCUT2D eigenvalue weighted by atomic mass is 19.1. The fourth-order valence-electron chi connectivity index (χ4n) is 1.87. The zero-order valence-electron chi connectivity index (χ0n) is 10.6. The third-order valence-corrected chi connectivity index (χ3v) is 2.88. The van der Waals surface area contributed by atoms with Crippen LogP contribution in [0.15, 0.2) is 30.3 Å². The van der Waals surface area contributed by atoms with Crippen LogP contribution in [0.5, 0.6) is 5.75 Å². The number of carboxylic acid groups (broad SMARTS) is 1. The molecule has 0 radical (unpaired) electrons. The lowest BCUT2D eigenvalue weighted by Gasteiger charge is -2.10. The van der Waals surface area contributed by atoms with Gasteiger partial charge < -0.3 is 9.84 Å². The normalized spacial score (nSPS) is 10.6. The Labute approximate surface area is 110 Å². The molecule has 0 heterocycles. The SMILES string of the molecule is CCCCOc1cc(C(=O)O)cc2ccc(F)cc12. The van der Waals surface area contributed by atoms with Crippen molar-refractivity contribution < 1.29 is 19.0 Å². The summed E-state index contributed by atoms with van der Waals surface area (Å²) < 4.78 is 18.9. The summed E-state index contributed by atoms with van der Waals surface area (Å²) in [6, 6.07) is 7.19. The fraction of sp³-hybridized carbons (Fsp3) is 0.267. The Balaban J connectivity index is 2.49. The summed E-state index contributed by atoms with van der Waals surface area (Å²) in [7, 11) is 0. The second-order valence-corrected chi connectivity index (χ2v) is 4.35. The topological polar surface area (TPSA) is 46.5 Å². The summed E-state index contributed by atoms with van der Waals surface area (Å²) in [6.45, 7) is 2.53. The first-order valence-corrected chi connectivity index (χ1v) is 6.21. The predicted octanol–water partition coefficient (Wildman–Crippen LogP) is 3.86. The van der Waals surface area contributed by atoms with Crippen molar-refractivity contribution in [3.8, 4) is 5.75 Å². The summed E-state index contributed by atoms with van der Waals surface area (Å²) in [5, 5.41) is 10.3. The second-order valence-electron chi connectivity index (χ2n) is 4.35. The lowest BCUT2D eigenvalue weighted by molar-refractivity contribution is 0.0696. The van der Waals surface area contributed by atoms with E-state index in [0.29, 0.717) is 23.1 Å². The molecule has 0 spiro atoms. The molecule has 0 atom stereocenters. The van der Waals surface area contributed by atoms with Crippen molar-refractivity contribution in [1.82, 2.24) is 0 Å².